The molecule has 1 amide bonds. The molecular formula is C18H15N7O4S. The third-order valence-electron chi connectivity index (χ3n) is 3.94. The number of hydrogen-bond acceptors (Lipinski definition) is 10. The molecule has 0 atom stereocenters. The zero-order valence-corrected chi connectivity index (χ0v) is 16.6. The summed E-state index contributed by atoms with van der Waals surface area (Å²) in [4.78, 5) is 28.8. The van der Waals surface area contributed by atoms with E-state index in [1.807, 2.05) is 13.0 Å². The zero-order chi connectivity index (χ0) is 21.1. The standard InChI is InChI=1S/C18H15N7O4S/c1-10-3-8-20-25(10)18-24-23-17(30-18)22-15(26)13-9-12(14(28-2)16(27)29-13)21-11-4-6-19-7-5-11/h3-9H,1-2H3,(H,19,21)(H,22,23,26). The number of carbonyl (C=O) groups is 1. The molecule has 4 aromatic rings. The third kappa shape index (κ3) is 3.89. The van der Waals surface area contributed by atoms with E-state index < -0.39 is 11.5 Å². The molecule has 0 aromatic carbocycles. The largest absolute Gasteiger partial charge is 0.488 e. The van der Waals surface area contributed by atoms with Crippen molar-refractivity contribution in [1.29, 1.82) is 0 Å². The lowest BCUT2D eigenvalue weighted by atomic mass is 10.3. The van der Waals surface area contributed by atoms with Crippen LogP contribution in [0.3, 0.4) is 0 Å². The molecule has 0 fully saturated rings. The van der Waals surface area contributed by atoms with E-state index >= 15 is 0 Å². The van der Waals surface area contributed by atoms with Gasteiger partial charge >= 0.3 is 5.63 Å². The summed E-state index contributed by atoms with van der Waals surface area (Å²) < 4.78 is 11.8. The Kier molecular flexibility index (Phi) is 5.22. The predicted octanol–water partition coefficient (Wildman–Crippen LogP) is 2.38. The first kappa shape index (κ1) is 19.3. The average Bonchev–Trinajstić information content (AvgIpc) is 3.37. The quantitative estimate of drug-likeness (QED) is 0.477. The summed E-state index contributed by atoms with van der Waals surface area (Å²) in [5, 5.41) is 18.4. The fraction of sp³-hybridized carbons (Fsp3) is 0.111. The molecule has 4 rings (SSSR count). The van der Waals surface area contributed by atoms with Crippen LogP contribution in [0.15, 0.2) is 52.1 Å². The van der Waals surface area contributed by atoms with Gasteiger partial charge in [0.2, 0.25) is 16.0 Å². The summed E-state index contributed by atoms with van der Waals surface area (Å²) in [6, 6.07) is 6.60. The minimum Gasteiger partial charge on any atom is -0.488 e. The molecular weight excluding hydrogens is 410 g/mol. The fourth-order valence-electron chi connectivity index (χ4n) is 2.55. The van der Waals surface area contributed by atoms with Crippen LogP contribution in [0.4, 0.5) is 16.5 Å². The molecule has 0 bridgehead atoms. The maximum absolute atomic E-state index is 12.6. The van der Waals surface area contributed by atoms with E-state index in [-0.39, 0.29) is 22.3 Å². The highest BCUT2D eigenvalue weighted by molar-refractivity contribution is 7.17. The van der Waals surface area contributed by atoms with Crippen molar-refractivity contribution in [1.82, 2.24) is 25.0 Å². The monoisotopic (exact) mass is 425 g/mol. The van der Waals surface area contributed by atoms with Gasteiger partial charge < -0.3 is 14.5 Å². The Balaban J connectivity index is 1.59. The van der Waals surface area contributed by atoms with Gasteiger partial charge in [-0.25, -0.2) is 9.48 Å². The van der Waals surface area contributed by atoms with E-state index in [4.69, 9.17) is 9.15 Å². The molecule has 0 aliphatic rings. The number of amides is 1. The fourth-order valence-corrected chi connectivity index (χ4v) is 3.31. The molecule has 4 heterocycles. The van der Waals surface area contributed by atoms with E-state index in [9.17, 15) is 9.59 Å². The minimum absolute atomic E-state index is 0.0595. The SMILES string of the molecule is COc1c(Nc2ccncc2)cc(C(=O)Nc2nnc(-n3nccc3C)s2)oc1=O. The topological polar surface area (TPSA) is 137 Å². The van der Waals surface area contributed by atoms with Gasteiger partial charge in [0.15, 0.2) is 5.76 Å². The molecule has 0 spiro atoms. The third-order valence-corrected chi connectivity index (χ3v) is 4.76. The number of hydrogen-bond donors (Lipinski definition) is 2. The van der Waals surface area contributed by atoms with E-state index in [1.165, 1.54) is 13.2 Å². The summed E-state index contributed by atoms with van der Waals surface area (Å²) in [6.07, 6.45) is 4.81. The van der Waals surface area contributed by atoms with E-state index in [0.29, 0.717) is 10.8 Å². The predicted molar refractivity (Wildman–Crippen MR) is 109 cm³/mol. The van der Waals surface area contributed by atoms with E-state index in [1.54, 1.807) is 35.4 Å². The number of aryl methyl sites for hydroxylation is 1. The van der Waals surface area contributed by atoms with Gasteiger partial charge in [-0.3, -0.25) is 15.1 Å². The second-order valence-electron chi connectivity index (χ2n) is 5.93. The van der Waals surface area contributed by atoms with Crippen molar-refractivity contribution in [3.8, 4) is 10.9 Å². The second-order valence-corrected chi connectivity index (χ2v) is 6.89. The normalized spacial score (nSPS) is 10.6. The lowest BCUT2D eigenvalue weighted by molar-refractivity contribution is 0.0991. The van der Waals surface area contributed by atoms with Gasteiger partial charge in [-0.1, -0.05) is 11.3 Å². The van der Waals surface area contributed by atoms with Gasteiger partial charge in [0.1, 0.15) is 0 Å². The highest BCUT2D eigenvalue weighted by Gasteiger charge is 2.19. The van der Waals surface area contributed by atoms with Gasteiger partial charge in [-0.05, 0) is 25.1 Å². The Morgan fingerprint density at radius 1 is 1.20 bits per heavy atom. The first-order chi connectivity index (χ1) is 14.5. The van der Waals surface area contributed by atoms with Gasteiger partial charge in [-0.2, -0.15) is 5.10 Å². The highest BCUT2D eigenvalue weighted by Crippen LogP contribution is 2.26. The number of aromatic nitrogens is 5. The molecule has 4 aromatic heterocycles. The maximum Gasteiger partial charge on any atom is 0.381 e. The maximum atomic E-state index is 12.6. The van der Waals surface area contributed by atoms with E-state index in [0.717, 1.165) is 17.0 Å². The van der Waals surface area contributed by atoms with Crippen molar-refractivity contribution in [2.24, 2.45) is 0 Å². The number of nitrogens with zero attached hydrogens (tertiary/aromatic N) is 5. The van der Waals surface area contributed by atoms with Crippen LogP contribution >= 0.6 is 11.3 Å². The van der Waals surface area contributed by atoms with Crippen LogP contribution in [0, 0.1) is 6.92 Å². The van der Waals surface area contributed by atoms with E-state index in [2.05, 4.69) is 30.9 Å². The number of rotatable bonds is 6. The lowest BCUT2D eigenvalue weighted by Gasteiger charge is -2.11. The molecule has 0 aliphatic carbocycles. The van der Waals surface area contributed by atoms with Crippen LogP contribution in [-0.4, -0.2) is 38.0 Å². The van der Waals surface area contributed by atoms with Crippen molar-refractivity contribution in [2.45, 2.75) is 6.92 Å². The Labute approximate surface area is 173 Å². The molecule has 2 N–H and O–H groups in total. The van der Waals surface area contributed by atoms with Gasteiger partial charge in [-0.15, -0.1) is 10.2 Å². The van der Waals surface area contributed by atoms with Gasteiger partial charge in [0.05, 0.1) is 12.8 Å². The van der Waals surface area contributed by atoms with Crippen molar-refractivity contribution in [3.63, 3.8) is 0 Å². The molecule has 152 valence electrons. The van der Waals surface area contributed by atoms with Crippen LogP contribution in [0.2, 0.25) is 0 Å². The molecule has 12 heteroatoms. The lowest BCUT2D eigenvalue weighted by Crippen LogP contribution is -2.16. The van der Waals surface area contributed by atoms with Crippen molar-refractivity contribution in [3.05, 3.63) is 64.7 Å². The molecule has 0 saturated heterocycles. The second kappa shape index (κ2) is 8.13. The summed E-state index contributed by atoms with van der Waals surface area (Å²) in [6.45, 7) is 1.87. The molecule has 11 nitrogen and oxygen atoms in total. The number of methoxy groups -OCH3 is 1. The van der Waals surface area contributed by atoms with Crippen LogP contribution in [0.1, 0.15) is 16.2 Å². The minimum atomic E-state index is -0.799. The summed E-state index contributed by atoms with van der Waals surface area (Å²) in [5.74, 6) is -0.937. The van der Waals surface area contributed by atoms with Crippen LogP contribution in [0.25, 0.3) is 5.13 Å². The molecule has 0 unspecified atom stereocenters. The first-order valence-electron chi connectivity index (χ1n) is 8.60. The van der Waals surface area contributed by atoms with Crippen molar-refractivity contribution in [2.75, 3.05) is 17.7 Å². The van der Waals surface area contributed by atoms with Crippen LogP contribution in [0.5, 0.6) is 5.75 Å². The number of anilines is 3. The number of ether oxygens (including phenoxy) is 1. The Bertz CT molecular complexity index is 1250. The smallest absolute Gasteiger partial charge is 0.381 e. The summed E-state index contributed by atoms with van der Waals surface area (Å²) >= 11 is 1.13. The average molecular weight is 425 g/mol. The number of nitrogens with one attached hydrogen (secondary N) is 2. The van der Waals surface area contributed by atoms with Crippen LogP contribution in [-0.2, 0) is 0 Å². The highest BCUT2D eigenvalue weighted by atomic mass is 32.1. The summed E-state index contributed by atoms with van der Waals surface area (Å²) in [5.41, 5.74) is 1.00. The zero-order valence-electron chi connectivity index (χ0n) is 15.8. The summed E-state index contributed by atoms with van der Waals surface area (Å²) in [7, 11) is 1.34. The van der Waals surface area contributed by atoms with Crippen molar-refractivity contribution < 1.29 is 13.9 Å². The van der Waals surface area contributed by atoms with Crippen LogP contribution < -0.4 is 21.0 Å². The Morgan fingerprint density at radius 2 is 2.00 bits per heavy atom. The molecule has 0 radical (unpaired) electrons. The Morgan fingerprint density at radius 3 is 2.70 bits per heavy atom. The first-order valence-corrected chi connectivity index (χ1v) is 9.42. The molecule has 0 saturated carbocycles. The molecule has 30 heavy (non-hydrogen) atoms. The Hall–Kier alpha value is -4.06. The number of pyridine rings is 1. The molecule has 0 aliphatic heterocycles. The van der Waals surface area contributed by atoms with Gasteiger partial charge in [0.25, 0.3) is 5.91 Å². The number of carbonyl (C=O) groups excluding carboxylic acids is 1. The van der Waals surface area contributed by atoms with Gasteiger partial charge in [0, 0.05) is 36.0 Å². The van der Waals surface area contributed by atoms with Crippen molar-refractivity contribution >= 4 is 33.8 Å².